The lowest BCUT2D eigenvalue weighted by Crippen LogP contribution is -2.33. The Labute approximate surface area is 219 Å². The molecule has 1 saturated carbocycles. The number of anilines is 1. The van der Waals surface area contributed by atoms with E-state index in [1.807, 2.05) is 22.8 Å². The molecule has 1 aliphatic carbocycles. The number of rotatable bonds is 7. The second kappa shape index (κ2) is 11.3. The number of hydrogen-bond acceptors (Lipinski definition) is 5. The van der Waals surface area contributed by atoms with E-state index in [0.29, 0.717) is 43.6 Å². The first-order valence-corrected chi connectivity index (χ1v) is 13.3. The number of hydrogen-bond donors (Lipinski definition) is 2. The second-order valence-electron chi connectivity index (χ2n) is 10.2. The van der Waals surface area contributed by atoms with Gasteiger partial charge in [-0.3, -0.25) is 15.0 Å². The fourth-order valence-electron chi connectivity index (χ4n) is 5.43. The first-order valence-electron chi connectivity index (χ1n) is 13.3. The zero-order valence-corrected chi connectivity index (χ0v) is 21.2. The standard InChI is InChI=1S/C28H33F3N4O3/c29-28(30,31)20-6-4-5-19(17-20)26(37)33-27-32-24-18-23(38-16-15-34-13-2-1-3-14-34)11-12-25(24)35(27)21-7-9-22(36)10-8-21/h4-6,11-12,17-18,21-22,36H,1-3,7-10,13-16H2,(H,32,33,37)/t21-,22-. The monoisotopic (exact) mass is 530 g/mol. The largest absolute Gasteiger partial charge is 0.492 e. The highest BCUT2D eigenvalue weighted by molar-refractivity contribution is 6.04. The number of nitrogens with zero attached hydrogens (tertiary/aromatic N) is 3. The summed E-state index contributed by atoms with van der Waals surface area (Å²) in [5, 5.41) is 12.7. The fourth-order valence-corrected chi connectivity index (χ4v) is 5.43. The van der Waals surface area contributed by atoms with Crippen LogP contribution in [0.2, 0.25) is 0 Å². The summed E-state index contributed by atoms with van der Waals surface area (Å²) in [6, 6.07) is 9.96. The van der Waals surface area contributed by atoms with E-state index in [1.165, 1.54) is 31.4 Å². The van der Waals surface area contributed by atoms with Gasteiger partial charge in [0.15, 0.2) is 0 Å². The zero-order valence-electron chi connectivity index (χ0n) is 21.2. The predicted octanol–water partition coefficient (Wildman–Crippen LogP) is 5.65. The number of nitrogens with one attached hydrogen (secondary N) is 1. The lowest BCUT2D eigenvalue weighted by atomic mass is 9.93. The molecule has 1 saturated heterocycles. The number of benzene rings is 2. The molecule has 10 heteroatoms. The molecule has 3 aromatic rings. The minimum absolute atomic E-state index is 0.00826. The number of aliphatic hydroxyl groups is 1. The van der Waals surface area contributed by atoms with Gasteiger partial charge in [0.2, 0.25) is 5.95 Å². The molecule has 2 fully saturated rings. The SMILES string of the molecule is O=C(Nc1nc2cc(OCCN3CCCCC3)ccc2n1[C@H]1CC[C@H](O)CC1)c1cccc(C(F)(F)F)c1. The summed E-state index contributed by atoms with van der Waals surface area (Å²) in [5.74, 6) is 0.282. The van der Waals surface area contributed by atoms with Crippen LogP contribution >= 0.6 is 0 Å². The lowest BCUT2D eigenvalue weighted by molar-refractivity contribution is -0.137. The van der Waals surface area contributed by atoms with Gasteiger partial charge < -0.3 is 14.4 Å². The van der Waals surface area contributed by atoms with E-state index < -0.39 is 17.6 Å². The number of alkyl halides is 3. The Kier molecular flexibility index (Phi) is 7.90. The smallest absolute Gasteiger partial charge is 0.416 e. The maximum Gasteiger partial charge on any atom is 0.416 e. The van der Waals surface area contributed by atoms with E-state index in [-0.39, 0.29) is 23.7 Å². The molecule has 204 valence electrons. The Morgan fingerprint density at radius 2 is 1.82 bits per heavy atom. The van der Waals surface area contributed by atoms with Crippen molar-refractivity contribution in [2.75, 3.05) is 31.6 Å². The number of halogens is 3. The highest BCUT2D eigenvalue weighted by atomic mass is 19.4. The van der Waals surface area contributed by atoms with Crippen LogP contribution in [0, 0.1) is 0 Å². The van der Waals surface area contributed by atoms with Crippen LogP contribution in [0.5, 0.6) is 5.75 Å². The molecule has 7 nitrogen and oxygen atoms in total. The summed E-state index contributed by atoms with van der Waals surface area (Å²) in [6.45, 7) is 3.61. The molecule has 0 spiro atoms. The molecule has 2 heterocycles. The minimum atomic E-state index is -4.54. The number of carbonyl (C=O) groups is 1. The second-order valence-corrected chi connectivity index (χ2v) is 10.2. The Bertz CT molecular complexity index is 1260. The van der Waals surface area contributed by atoms with Gasteiger partial charge in [-0.25, -0.2) is 4.98 Å². The normalized spacial score (nSPS) is 20.9. The van der Waals surface area contributed by atoms with Crippen molar-refractivity contribution in [1.29, 1.82) is 0 Å². The van der Waals surface area contributed by atoms with Crippen LogP contribution in [0.1, 0.15) is 66.9 Å². The molecule has 0 bridgehead atoms. The molecule has 2 aromatic carbocycles. The van der Waals surface area contributed by atoms with Crippen LogP contribution < -0.4 is 10.1 Å². The number of fused-ring (bicyclic) bond motifs is 1. The van der Waals surface area contributed by atoms with Crippen molar-refractivity contribution in [2.24, 2.45) is 0 Å². The molecule has 1 amide bonds. The van der Waals surface area contributed by atoms with Gasteiger partial charge in [0.1, 0.15) is 12.4 Å². The molecular weight excluding hydrogens is 497 g/mol. The fraction of sp³-hybridized carbons (Fsp3) is 0.500. The van der Waals surface area contributed by atoms with Crippen LogP contribution in [0.3, 0.4) is 0 Å². The molecule has 2 aliphatic rings. The average Bonchev–Trinajstić information content (AvgIpc) is 3.26. The van der Waals surface area contributed by atoms with Crippen LogP contribution in [0.4, 0.5) is 19.1 Å². The van der Waals surface area contributed by atoms with Gasteiger partial charge in [-0.15, -0.1) is 0 Å². The first kappa shape index (κ1) is 26.5. The maximum absolute atomic E-state index is 13.2. The van der Waals surface area contributed by atoms with Crippen molar-refractivity contribution in [3.05, 3.63) is 53.6 Å². The van der Waals surface area contributed by atoms with Gasteiger partial charge in [0.25, 0.3) is 5.91 Å². The lowest BCUT2D eigenvalue weighted by Gasteiger charge is -2.28. The average molecular weight is 531 g/mol. The van der Waals surface area contributed by atoms with Crippen LogP contribution in [0.25, 0.3) is 11.0 Å². The molecular formula is C28H33F3N4O3. The zero-order chi connectivity index (χ0) is 26.7. The van der Waals surface area contributed by atoms with Gasteiger partial charge >= 0.3 is 6.18 Å². The minimum Gasteiger partial charge on any atom is -0.492 e. The first-order chi connectivity index (χ1) is 18.3. The molecule has 5 rings (SSSR count). The van der Waals surface area contributed by atoms with Crippen molar-refractivity contribution in [3.63, 3.8) is 0 Å². The Morgan fingerprint density at radius 1 is 1.05 bits per heavy atom. The summed E-state index contributed by atoms with van der Waals surface area (Å²) >= 11 is 0. The number of piperidine rings is 1. The number of likely N-dealkylation sites (tertiary alicyclic amines) is 1. The van der Waals surface area contributed by atoms with Crippen molar-refractivity contribution >= 4 is 22.9 Å². The summed E-state index contributed by atoms with van der Waals surface area (Å²) in [7, 11) is 0. The van der Waals surface area contributed by atoms with Gasteiger partial charge in [0, 0.05) is 24.2 Å². The molecule has 0 unspecified atom stereocenters. The highest BCUT2D eigenvalue weighted by Gasteiger charge is 2.31. The predicted molar refractivity (Wildman–Crippen MR) is 138 cm³/mol. The quantitative estimate of drug-likeness (QED) is 0.413. The van der Waals surface area contributed by atoms with E-state index in [9.17, 15) is 23.1 Å². The number of ether oxygens (including phenoxy) is 1. The van der Waals surface area contributed by atoms with Gasteiger partial charge in [0.05, 0.1) is 22.7 Å². The number of aliphatic hydroxyl groups excluding tert-OH is 1. The Morgan fingerprint density at radius 3 is 2.55 bits per heavy atom. The van der Waals surface area contributed by atoms with E-state index >= 15 is 0 Å². The number of aromatic nitrogens is 2. The summed E-state index contributed by atoms with van der Waals surface area (Å²) in [5.41, 5.74) is 0.450. The number of carbonyl (C=O) groups excluding carboxylic acids is 1. The van der Waals surface area contributed by atoms with Crippen molar-refractivity contribution < 1.29 is 27.8 Å². The molecule has 0 atom stereocenters. The third-order valence-electron chi connectivity index (χ3n) is 7.49. The summed E-state index contributed by atoms with van der Waals surface area (Å²) in [6.07, 6.45) is 1.48. The van der Waals surface area contributed by atoms with Gasteiger partial charge in [-0.1, -0.05) is 12.5 Å². The van der Waals surface area contributed by atoms with E-state index in [4.69, 9.17) is 4.74 Å². The molecule has 38 heavy (non-hydrogen) atoms. The molecule has 0 radical (unpaired) electrons. The molecule has 1 aromatic heterocycles. The van der Waals surface area contributed by atoms with Crippen LogP contribution in [0.15, 0.2) is 42.5 Å². The van der Waals surface area contributed by atoms with Crippen LogP contribution in [-0.2, 0) is 6.18 Å². The third-order valence-corrected chi connectivity index (χ3v) is 7.49. The maximum atomic E-state index is 13.2. The van der Waals surface area contributed by atoms with Gasteiger partial charge in [-0.05, 0) is 81.9 Å². The van der Waals surface area contributed by atoms with E-state index in [0.717, 1.165) is 37.3 Å². The van der Waals surface area contributed by atoms with Crippen molar-refractivity contribution in [2.45, 2.75) is 63.3 Å². The molecule has 2 N–H and O–H groups in total. The van der Waals surface area contributed by atoms with Gasteiger partial charge in [-0.2, -0.15) is 13.2 Å². The Hall–Kier alpha value is -3.11. The highest BCUT2D eigenvalue weighted by Crippen LogP contribution is 2.36. The third kappa shape index (κ3) is 6.13. The van der Waals surface area contributed by atoms with E-state index in [2.05, 4.69) is 15.2 Å². The summed E-state index contributed by atoms with van der Waals surface area (Å²) in [4.78, 5) is 20.1. The van der Waals surface area contributed by atoms with Crippen molar-refractivity contribution in [3.8, 4) is 5.75 Å². The number of amides is 1. The van der Waals surface area contributed by atoms with E-state index in [1.54, 1.807) is 0 Å². The summed E-state index contributed by atoms with van der Waals surface area (Å²) < 4.78 is 47.5. The number of imidazole rings is 1. The molecule has 1 aliphatic heterocycles. The van der Waals surface area contributed by atoms with Crippen molar-refractivity contribution in [1.82, 2.24) is 14.5 Å². The van der Waals surface area contributed by atoms with Crippen LogP contribution in [-0.4, -0.2) is 57.8 Å². The Balaban J connectivity index is 1.39. The topological polar surface area (TPSA) is 79.6 Å².